The van der Waals surface area contributed by atoms with Crippen LogP contribution < -0.4 is 4.74 Å². The molecule has 2 aromatic carbocycles. The van der Waals surface area contributed by atoms with Crippen molar-refractivity contribution in [2.45, 2.75) is 33.4 Å². The first-order valence-electron chi connectivity index (χ1n) is 10.4. The monoisotopic (exact) mass is 406 g/mol. The number of fused-ring (bicyclic) bond motifs is 3. The van der Waals surface area contributed by atoms with Crippen LogP contribution in [0.15, 0.2) is 66.4 Å². The van der Waals surface area contributed by atoms with Gasteiger partial charge in [-0.25, -0.2) is 9.97 Å². The van der Waals surface area contributed by atoms with E-state index in [-0.39, 0.29) is 0 Å². The molecule has 0 spiro atoms. The van der Waals surface area contributed by atoms with E-state index < -0.39 is 0 Å². The summed E-state index contributed by atoms with van der Waals surface area (Å²) in [5.41, 5.74) is 7.70. The summed E-state index contributed by atoms with van der Waals surface area (Å²) >= 11 is 0. The van der Waals surface area contributed by atoms with Gasteiger partial charge in [0.25, 0.3) is 0 Å². The van der Waals surface area contributed by atoms with E-state index in [1.165, 1.54) is 0 Å². The topological polar surface area (TPSA) is 63.7 Å². The van der Waals surface area contributed by atoms with Gasteiger partial charge in [-0.1, -0.05) is 37.3 Å². The number of aryl methyl sites for hydroxylation is 1. The van der Waals surface area contributed by atoms with Crippen LogP contribution in [0.5, 0.6) is 5.75 Å². The highest BCUT2D eigenvalue weighted by Crippen LogP contribution is 2.38. The summed E-state index contributed by atoms with van der Waals surface area (Å²) in [7, 11) is 0. The number of aromatic nitrogens is 3. The Morgan fingerprint density at radius 3 is 2.84 bits per heavy atom. The SMILES string of the molecule is CCc1nc2cccnc2n1Cc1ccc2c(c1)COc1ccccc1C2=C(C)C#N. The fourth-order valence-corrected chi connectivity index (χ4v) is 4.29. The van der Waals surface area contributed by atoms with Crippen molar-refractivity contribution in [2.24, 2.45) is 0 Å². The molecule has 1 aliphatic rings. The van der Waals surface area contributed by atoms with Gasteiger partial charge in [-0.3, -0.25) is 0 Å². The summed E-state index contributed by atoms with van der Waals surface area (Å²) in [5.74, 6) is 1.83. The fraction of sp³-hybridized carbons (Fsp3) is 0.192. The van der Waals surface area contributed by atoms with Crippen LogP contribution in [-0.2, 0) is 19.6 Å². The maximum Gasteiger partial charge on any atom is 0.160 e. The molecule has 0 atom stereocenters. The summed E-state index contributed by atoms with van der Waals surface area (Å²) in [5, 5.41) is 9.65. The lowest BCUT2D eigenvalue weighted by molar-refractivity contribution is 0.307. The van der Waals surface area contributed by atoms with Crippen LogP contribution in [0, 0.1) is 11.3 Å². The second kappa shape index (κ2) is 7.73. The average molecular weight is 406 g/mol. The number of nitrogens with zero attached hydrogens (tertiary/aromatic N) is 4. The van der Waals surface area contributed by atoms with Gasteiger partial charge in [0, 0.05) is 29.3 Å². The summed E-state index contributed by atoms with van der Waals surface area (Å²) in [4.78, 5) is 9.29. The molecule has 5 heteroatoms. The summed E-state index contributed by atoms with van der Waals surface area (Å²) < 4.78 is 8.31. The van der Waals surface area contributed by atoms with Crippen molar-refractivity contribution < 1.29 is 4.74 Å². The maximum atomic E-state index is 9.65. The molecule has 0 bridgehead atoms. The minimum atomic E-state index is 0.464. The molecule has 0 amide bonds. The minimum absolute atomic E-state index is 0.464. The third-order valence-corrected chi connectivity index (χ3v) is 5.76. The van der Waals surface area contributed by atoms with E-state index in [4.69, 9.17) is 9.72 Å². The molecule has 0 radical (unpaired) electrons. The second-order valence-electron chi connectivity index (χ2n) is 7.70. The molecule has 0 unspecified atom stereocenters. The van der Waals surface area contributed by atoms with Gasteiger partial charge in [-0.15, -0.1) is 0 Å². The molecule has 31 heavy (non-hydrogen) atoms. The van der Waals surface area contributed by atoms with Crippen molar-refractivity contribution in [3.63, 3.8) is 0 Å². The molecule has 3 heterocycles. The number of allylic oxidation sites excluding steroid dienone is 1. The first-order chi connectivity index (χ1) is 15.2. The highest BCUT2D eigenvalue weighted by atomic mass is 16.5. The van der Waals surface area contributed by atoms with Crippen molar-refractivity contribution in [1.82, 2.24) is 14.5 Å². The van der Waals surface area contributed by atoms with Crippen LogP contribution in [0.4, 0.5) is 0 Å². The molecule has 2 aromatic heterocycles. The van der Waals surface area contributed by atoms with Crippen LogP contribution in [0.1, 0.15) is 41.9 Å². The van der Waals surface area contributed by atoms with Crippen LogP contribution in [0.3, 0.4) is 0 Å². The van der Waals surface area contributed by atoms with Gasteiger partial charge in [-0.05, 0) is 47.9 Å². The van der Waals surface area contributed by atoms with Crippen LogP contribution in [-0.4, -0.2) is 14.5 Å². The van der Waals surface area contributed by atoms with Gasteiger partial charge in [0.2, 0.25) is 0 Å². The predicted molar refractivity (Wildman–Crippen MR) is 121 cm³/mol. The number of para-hydroxylation sites is 1. The Labute approximate surface area is 181 Å². The summed E-state index contributed by atoms with van der Waals surface area (Å²) in [6, 6.07) is 20.6. The third kappa shape index (κ3) is 3.27. The number of nitriles is 1. The molecule has 4 aromatic rings. The number of imidazole rings is 1. The van der Waals surface area contributed by atoms with E-state index in [1.807, 2.05) is 49.5 Å². The van der Waals surface area contributed by atoms with E-state index in [0.717, 1.165) is 57.0 Å². The number of hydrogen-bond donors (Lipinski definition) is 0. The Hall–Kier alpha value is -3.91. The highest BCUT2D eigenvalue weighted by Gasteiger charge is 2.21. The normalized spacial score (nSPS) is 14.2. The first kappa shape index (κ1) is 19.1. The standard InChI is InChI=1S/C26H22N4O/c1-3-24-29-22-8-6-12-28-26(22)30(24)15-18-10-11-20-19(13-18)16-31-23-9-5-4-7-21(23)25(20)17(2)14-27/h4-13H,3,15-16H2,1-2H3. The van der Waals surface area contributed by atoms with Gasteiger partial charge in [0.05, 0.1) is 12.6 Å². The fourth-order valence-electron chi connectivity index (χ4n) is 4.29. The molecule has 0 saturated heterocycles. The van der Waals surface area contributed by atoms with E-state index in [0.29, 0.717) is 18.7 Å². The molecule has 0 fully saturated rings. The van der Waals surface area contributed by atoms with Gasteiger partial charge >= 0.3 is 0 Å². The number of rotatable bonds is 3. The van der Waals surface area contributed by atoms with Gasteiger partial charge in [0.1, 0.15) is 23.7 Å². The zero-order valence-corrected chi connectivity index (χ0v) is 17.6. The maximum absolute atomic E-state index is 9.65. The Bertz CT molecular complexity index is 1370. The van der Waals surface area contributed by atoms with Crippen LogP contribution in [0.25, 0.3) is 16.7 Å². The number of benzene rings is 2. The van der Waals surface area contributed by atoms with Crippen molar-refractivity contribution in [3.8, 4) is 11.8 Å². The lowest BCUT2D eigenvalue weighted by Crippen LogP contribution is -2.06. The Kier molecular flexibility index (Phi) is 4.76. The molecule has 0 N–H and O–H groups in total. The van der Waals surface area contributed by atoms with Gasteiger partial charge in [-0.2, -0.15) is 5.26 Å². The molecule has 5 nitrogen and oxygen atoms in total. The lowest BCUT2D eigenvalue weighted by atomic mass is 9.90. The van der Waals surface area contributed by atoms with Crippen molar-refractivity contribution >= 4 is 16.7 Å². The molecule has 0 saturated carbocycles. The Morgan fingerprint density at radius 2 is 2.00 bits per heavy atom. The Balaban J connectivity index is 1.61. The number of ether oxygens (including phenoxy) is 1. The summed E-state index contributed by atoms with van der Waals surface area (Å²) in [6.07, 6.45) is 2.65. The summed E-state index contributed by atoms with van der Waals surface area (Å²) in [6.45, 7) is 5.13. The highest BCUT2D eigenvalue weighted by molar-refractivity contribution is 5.88. The van der Waals surface area contributed by atoms with E-state index in [9.17, 15) is 5.26 Å². The number of pyridine rings is 1. The molecule has 152 valence electrons. The molecule has 0 aliphatic carbocycles. The van der Waals surface area contributed by atoms with Crippen molar-refractivity contribution in [2.75, 3.05) is 0 Å². The van der Waals surface area contributed by atoms with Crippen LogP contribution >= 0.6 is 0 Å². The Morgan fingerprint density at radius 1 is 1.13 bits per heavy atom. The average Bonchev–Trinajstić information content (AvgIpc) is 3.07. The quantitative estimate of drug-likeness (QED) is 0.434. The van der Waals surface area contributed by atoms with Gasteiger partial charge in [0.15, 0.2) is 5.65 Å². The van der Waals surface area contributed by atoms with E-state index in [1.54, 1.807) is 0 Å². The molecule has 5 rings (SSSR count). The largest absolute Gasteiger partial charge is 0.488 e. The van der Waals surface area contributed by atoms with Crippen LogP contribution in [0.2, 0.25) is 0 Å². The lowest BCUT2D eigenvalue weighted by Gasteiger charge is -2.13. The van der Waals surface area contributed by atoms with Crippen molar-refractivity contribution in [3.05, 3.63) is 94.4 Å². The zero-order chi connectivity index (χ0) is 21.4. The van der Waals surface area contributed by atoms with Gasteiger partial charge < -0.3 is 9.30 Å². The second-order valence-corrected chi connectivity index (χ2v) is 7.70. The predicted octanol–water partition coefficient (Wildman–Crippen LogP) is 5.28. The third-order valence-electron chi connectivity index (χ3n) is 5.76. The molecule has 1 aliphatic heterocycles. The van der Waals surface area contributed by atoms with E-state index >= 15 is 0 Å². The zero-order valence-electron chi connectivity index (χ0n) is 17.6. The van der Waals surface area contributed by atoms with Crippen molar-refractivity contribution in [1.29, 1.82) is 5.26 Å². The van der Waals surface area contributed by atoms with E-state index in [2.05, 4.69) is 40.7 Å². The first-order valence-corrected chi connectivity index (χ1v) is 10.4. The smallest absolute Gasteiger partial charge is 0.160 e. The molecular weight excluding hydrogens is 384 g/mol. The number of hydrogen-bond acceptors (Lipinski definition) is 4. The molecular formula is C26H22N4O. The minimum Gasteiger partial charge on any atom is -0.488 e.